The highest BCUT2D eigenvalue weighted by Gasteiger charge is 2.06. The molecule has 0 N–H and O–H groups in total. The molecule has 21 heavy (non-hydrogen) atoms. The molecule has 1 heterocycles. The second kappa shape index (κ2) is 5.75. The Morgan fingerprint density at radius 3 is 2.71 bits per heavy atom. The fraction of sp³-hybridized carbons (Fsp3) is 0.111. The summed E-state index contributed by atoms with van der Waals surface area (Å²) in [4.78, 5) is 15.5. The first-order chi connectivity index (χ1) is 10.3. The molecule has 0 radical (unpaired) electrons. The van der Waals surface area contributed by atoms with Crippen molar-refractivity contribution in [2.75, 3.05) is 0 Å². The molecule has 1 aromatic heterocycles. The number of fused-ring (bicyclic) bond motifs is 1. The number of aldehydes is 1. The first-order valence-electron chi connectivity index (χ1n) is 6.80. The van der Waals surface area contributed by atoms with E-state index >= 15 is 0 Å². The van der Waals surface area contributed by atoms with Gasteiger partial charge in [0.1, 0.15) is 12.4 Å². The number of pyridine rings is 1. The molecular weight excluding hydrogens is 262 g/mol. The second-order valence-corrected chi connectivity index (χ2v) is 4.88. The molecule has 0 fully saturated rings. The molecule has 3 aromatic rings. The number of para-hydroxylation sites is 2. The molecule has 0 aliphatic carbocycles. The Morgan fingerprint density at radius 1 is 1.10 bits per heavy atom. The Labute approximate surface area is 123 Å². The van der Waals surface area contributed by atoms with Crippen LogP contribution in [-0.4, -0.2) is 11.3 Å². The quantitative estimate of drug-likeness (QED) is 0.678. The minimum Gasteiger partial charge on any atom is -0.488 e. The SMILES string of the molecule is Cc1cc(COc2ccccc2C=O)c2ccccc2n1. The maximum atomic E-state index is 11.0. The average Bonchev–Trinajstić information content (AvgIpc) is 2.52. The first-order valence-corrected chi connectivity index (χ1v) is 6.80. The predicted octanol–water partition coefficient (Wildman–Crippen LogP) is 3.93. The number of aryl methyl sites for hydroxylation is 1. The summed E-state index contributed by atoms with van der Waals surface area (Å²) >= 11 is 0. The van der Waals surface area contributed by atoms with Gasteiger partial charge in [0.2, 0.25) is 0 Å². The fourth-order valence-electron chi connectivity index (χ4n) is 2.38. The van der Waals surface area contributed by atoms with Crippen molar-refractivity contribution in [2.45, 2.75) is 13.5 Å². The van der Waals surface area contributed by atoms with Crippen LogP contribution in [0.2, 0.25) is 0 Å². The fourth-order valence-corrected chi connectivity index (χ4v) is 2.38. The molecule has 3 rings (SSSR count). The largest absolute Gasteiger partial charge is 0.488 e. The second-order valence-electron chi connectivity index (χ2n) is 4.88. The summed E-state index contributed by atoms with van der Waals surface area (Å²) in [6.45, 7) is 2.38. The third-order valence-corrected chi connectivity index (χ3v) is 3.36. The highest BCUT2D eigenvalue weighted by Crippen LogP contribution is 2.22. The monoisotopic (exact) mass is 277 g/mol. The van der Waals surface area contributed by atoms with Crippen LogP contribution in [0.15, 0.2) is 54.6 Å². The summed E-state index contributed by atoms with van der Waals surface area (Å²) < 4.78 is 5.82. The Morgan fingerprint density at radius 2 is 1.86 bits per heavy atom. The van der Waals surface area contributed by atoms with Crippen molar-refractivity contribution in [3.63, 3.8) is 0 Å². The van der Waals surface area contributed by atoms with Gasteiger partial charge >= 0.3 is 0 Å². The lowest BCUT2D eigenvalue weighted by Crippen LogP contribution is -2.00. The first kappa shape index (κ1) is 13.3. The summed E-state index contributed by atoms with van der Waals surface area (Å²) in [5, 5.41) is 1.08. The van der Waals surface area contributed by atoms with Gasteiger partial charge in [-0.3, -0.25) is 9.78 Å². The lowest BCUT2D eigenvalue weighted by Gasteiger charge is -2.11. The normalized spacial score (nSPS) is 10.5. The van der Waals surface area contributed by atoms with Gasteiger partial charge in [-0.05, 0) is 31.2 Å². The number of nitrogens with zero attached hydrogens (tertiary/aromatic N) is 1. The molecule has 3 heteroatoms. The van der Waals surface area contributed by atoms with Crippen LogP contribution in [0.1, 0.15) is 21.6 Å². The van der Waals surface area contributed by atoms with Gasteiger partial charge < -0.3 is 4.74 Å². The van der Waals surface area contributed by atoms with E-state index in [1.165, 1.54) is 0 Å². The van der Waals surface area contributed by atoms with E-state index in [4.69, 9.17) is 4.74 Å². The number of hydrogen-bond donors (Lipinski definition) is 0. The third-order valence-electron chi connectivity index (χ3n) is 3.36. The molecule has 0 bridgehead atoms. The molecule has 3 nitrogen and oxygen atoms in total. The van der Waals surface area contributed by atoms with Crippen molar-refractivity contribution in [3.8, 4) is 5.75 Å². The van der Waals surface area contributed by atoms with E-state index in [1.807, 2.05) is 49.4 Å². The van der Waals surface area contributed by atoms with E-state index in [2.05, 4.69) is 4.98 Å². The number of aromatic nitrogens is 1. The molecule has 104 valence electrons. The van der Waals surface area contributed by atoms with E-state index in [0.29, 0.717) is 17.9 Å². The maximum Gasteiger partial charge on any atom is 0.153 e. The van der Waals surface area contributed by atoms with Crippen LogP contribution in [-0.2, 0) is 6.61 Å². The number of hydrogen-bond acceptors (Lipinski definition) is 3. The minimum atomic E-state index is 0.411. The number of benzene rings is 2. The molecule has 0 aliphatic rings. The Kier molecular flexibility index (Phi) is 3.65. The van der Waals surface area contributed by atoms with Crippen molar-refractivity contribution < 1.29 is 9.53 Å². The Bertz CT molecular complexity index is 796. The van der Waals surface area contributed by atoms with Crippen molar-refractivity contribution in [2.24, 2.45) is 0 Å². The number of carbonyl (C=O) groups excluding carboxylic acids is 1. The van der Waals surface area contributed by atoms with E-state index < -0.39 is 0 Å². The zero-order valence-corrected chi connectivity index (χ0v) is 11.7. The van der Waals surface area contributed by atoms with Gasteiger partial charge in [0, 0.05) is 16.6 Å². The van der Waals surface area contributed by atoms with Crippen LogP contribution in [0, 0.1) is 6.92 Å². The summed E-state index contributed by atoms with van der Waals surface area (Å²) in [5.74, 6) is 0.603. The van der Waals surface area contributed by atoms with Crippen molar-refractivity contribution in [1.29, 1.82) is 0 Å². The molecule has 0 spiro atoms. The lowest BCUT2D eigenvalue weighted by atomic mass is 10.1. The molecule has 2 aromatic carbocycles. The van der Waals surface area contributed by atoms with Crippen LogP contribution in [0.25, 0.3) is 10.9 Å². The number of rotatable bonds is 4. The summed E-state index contributed by atoms with van der Waals surface area (Å²) in [5.41, 5.74) is 3.54. The van der Waals surface area contributed by atoms with Crippen LogP contribution >= 0.6 is 0 Å². The van der Waals surface area contributed by atoms with Crippen LogP contribution < -0.4 is 4.74 Å². The van der Waals surface area contributed by atoms with Crippen LogP contribution in [0.4, 0.5) is 0 Å². The lowest BCUT2D eigenvalue weighted by molar-refractivity contribution is 0.111. The van der Waals surface area contributed by atoms with Crippen molar-refractivity contribution >= 4 is 17.2 Å². The standard InChI is InChI=1S/C18H15NO2/c1-13-10-15(16-7-3-4-8-17(16)19-13)12-21-18-9-5-2-6-14(18)11-20/h2-11H,12H2,1H3. The van der Waals surface area contributed by atoms with E-state index in [1.54, 1.807) is 12.1 Å². The molecule has 0 saturated heterocycles. The number of carbonyl (C=O) groups is 1. The van der Waals surface area contributed by atoms with Gasteiger partial charge in [0.25, 0.3) is 0 Å². The molecule has 0 atom stereocenters. The predicted molar refractivity (Wildman–Crippen MR) is 82.6 cm³/mol. The van der Waals surface area contributed by atoms with Crippen LogP contribution in [0.3, 0.4) is 0 Å². The third kappa shape index (κ3) is 2.77. The van der Waals surface area contributed by atoms with E-state index in [-0.39, 0.29) is 0 Å². The molecule has 0 aliphatic heterocycles. The van der Waals surface area contributed by atoms with Gasteiger partial charge in [-0.1, -0.05) is 30.3 Å². The highest BCUT2D eigenvalue weighted by atomic mass is 16.5. The topological polar surface area (TPSA) is 39.2 Å². The van der Waals surface area contributed by atoms with Gasteiger partial charge in [0.05, 0.1) is 11.1 Å². The zero-order valence-electron chi connectivity index (χ0n) is 11.7. The Hall–Kier alpha value is -2.68. The summed E-state index contributed by atoms with van der Waals surface area (Å²) in [6, 6.07) is 17.2. The molecule has 0 unspecified atom stereocenters. The smallest absolute Gasteiger partial charge is 0.153 e. The van der Waals surface area contributed by atoms with Crippen molar-refractivity contribution in [1.82, 2.24) is 4.98 Å². The van der Waals surface area contributed by atoms with Gasteiger partial charge in [-0.2, -0.15) is 0 Å². The van der Waals surface area contributed by atoms with Gasteiger partial charge in [0.15, 0.2) is 6.29 Å². The molecule has 0 saturated carbocycles. The highest BCUT2D eigenvalue weighted by molar-refractivity contribution is 5.82. The molecular formula is C18H15NO2. The Balaban J connectivity index is 1.93. The van der Waals surface area contributed by atoms with E-state index in [0.717, 1.165) is 28.4 Å². The summed E-state index contributed by atoms with van der Waals surface area (Å²) in [6.07, 6.45) is 0.811. The minimum absolute atomic E-state index is 0.411. The zero-order chi connectivity index (χ0) is 14.7. The van der Waals surface area contributed by atoms with E-state index in [9.17, 15) is 4.79 Å². The maximum absolute atomic E-state index is 11.0. The molecule has 0 amide bonds. The number of ether oxygens (including phenoxy) is 1. The van der Waals surface area contributed by atoms with Gasteiger partial charge in [-0.15, -0.1) is 0 Å². The van der Waals surface area contributed by atoms with Crippen molar-refractivity contribution in [3.05, 3.63) is 71.4 Å². The van der Waals surface area contributed by atoms with Crippen LogP contribution in [0.5, 0.6) is 5.75 Å². The van der Waals surface area contributed by atoms with Gasteiger partial charge in [-0.25, -0.2) is 0 Å². The average molecular weight is 277 g/mol. The summed E-state index contributed by atoms with van der Waals surface area (Å²) in [7, 11) is 0.